The number of aryl methyl sites for hydroxylation is 2. The van der Waals surface area contributed by atoms with Gasteiger partial charge in [-0.15, -0.1) is 0 Å². The van der Waals surface area contributed by atoms with Gasteiger partial charge in [-0.05, 0) is 67.4 Å². The van der Waals surface area contributed by atoms with Gasteiger partial charge in [0.05, 0.1) is 12.2 Å². The number of para-hydroxylation sites is 1. The molecule has 1 N–H and O–H groups in total. The van der Waals surface area contributed by atoms with E-state index in [1.165, 1.54) is 0 Å². The Balaban J connectivity index is 1.49. The molecular formula is C25H24N2O4. The molecule has 3 aromatic carbocycles. The lowest BCUT2D eigenvalue weighted by molar-refractivity contribution is -0.121. The number of ether oxygens (including phenoxy) is 2. The summed E-state index contributed by atoms with van der Waals surface area (Å²) in [5.74, 6) is 0.994. The van der Waals surface area contributed by atoms with Crippen molar-refractivity contribution in [2.75, 3.05) is 30.0 Å². The Kier molecular flexibility index (Phi) is 5.89. The Morgan fingerprint density at radius 2 is 1.84 bits per heavy atom. The molecule has 0 saturated heterocycles. The number of hydrogen-bond acceptors (Lipinski definition) is 4. The van der Waals surface area contributed by atoms with Gasteiger partial charge in [0.2, 0.25) is 0 Å². The standard InChI is InChI=1S/C25H24N2O4/c1-17-8-9-19(14-18(17)2)25(29)26-20-10-11-23-22(15-20)27(24(28)16-31-23)12-13-30-21-6-4-3-5-7-21/h3-11,14-15H,12-13,16H2,1-2H3,(H,26,29). The molecule has 0 aliphatic carbocycles. The lowest BCUT2D eigenvalue weighted by Crippen LogP contribution is -2.41. The second kappa shape index (κ2) is 8.92. The summed E-state index contributed by atoms with van der Waals surface area (Å²) in [4.78, 5) is 26.8. The fourth-order valence-electron chi connectivity index (χ4n) is 3.38. The number of anilines is 2. The number of carbonyl (C=O) groups is 2. The second-order valence-electron chi connectivity index (χ2n) is 7.43. The van der Waals surface area contributed by atoms with Gasteiger partial charge in [0, 0.05) is 11.3 Å². The molecule has 0 saturated carbocycles. The van der Waals surface area contributed by atoms with Crippen LogP contribution in [0.15, 0.2) is 66.7 Å². The van der Waals surface area contributed by atoms with Gasteiger partial charge < -0.3 is 19.7 Å². The van der Waals surface area contributed by atoms with Gasteiger partial charge in [-0.25, -0.2) is 0 Å². The summed E-state index contributed by atoms with van der Waals surface area (Å²) in [5, 5.41) is 2.91. The van der Waals surface area contributed by atoms with E-state index in [-0.39, 0.29) is 18.4 Å². The minimum absolute atomic E-state index is 0.0211. The summed E-state index contributed by atoms with van der Waals surface area (Å²) < 4.78 is 11.3. The molecule has 158 valence electrons. The van der Waals surface area contributed by atoms with Gasteiger partial charge in [-0.3, -0.25) is 9.59 Å². The third-order valence-corrected chi connectivity index (χ3v) is 5.26. The average molecular weight is 416 g/mol. The number of nitrogens with one attached hydrogen (secondary N) is 1. The third kappa shape index (κ3) is 4.69. The number of nitrogens with zero attached hydrogens (tertiary/aromatic N) is 1. The fourth-order valence-corrected chi connectivity index (χ4v) is 3.38. The number of rotatable bonds is 6. The summed E-state index contributed by atoms with van der Waals surface area (Å²) >= 11 is 0. The number of amides is 2. The summed E-state index contributed by atoms with van der Waals surface area (Å²) in [6.45, 7) is 4.68. The maximum absolute atomic E-state index is 12.7. The third-order valence-electron chi connectivity index (χ3n) is 5.26. The molecule has 6 heteroatoms. The maximum atomic E-state index is 12.7. The van der Waals surface area contributed by atoms with E-state index < -0.39 is 0 Å². The van der Waals surface area contributed by atoms with E-state index in [0.717, 1.165) is 16.9 Å². The van der Waals surface area contributed by atoms with Crippen LogP contribution >= 0.6 is 0 Å². The van der Waals surface area contributed by atoms with E-state index in [1.54, 1.807) is 29.2 Å². The highest BCUT2D eigenvalue weighted by molar-refractivity contribution is 6.05. The van der Waals surface area contributed by atoms with Crippen LogP contribution < -0.4 is 19.7 Å². The van der Waals surface area contributed by atoms with Crippen molar-refractivity contribution in [3.63, 3.8) is 0 Å². The Labute approximate surface area is 181 Å². The van der Waals surface area contributed by atoms with Gasteiger partial charge in [0.1, 0.15) is 18.1 Å². The number of carbonyl (C=O) groups excluding carboxylic acids is 2. The van der Waals surface area contributed by atoms with E-state index in [4.69, 9.17) is 9.47 Å². The van der Waals surface area contributed by atoms with E-state index in [1.807, 2.05) is 56.3 Å². The largest absolute Gasteiger partial charge is 0.492 e. The first-order chi connectivity index (χ1) is 15.0. The lowest BCUT2D eigenvalue weighted by atomic mass is 10.1. The van der Waals surface area contributed by atoms with Gasteiger partial charge in [-0.1, -0.05) is 24.3 Å². The summed E-state index contributed by atoms with van der Waals surface area (Å²) in [6, 6.07) is 20.3. The number of fused-ring (bicyclic) bond motifs is 1. The first-order valence-corrected chi connectivity index (χ1v) is 10.1. The van der Waals surface area contributed by atoms with Crippen LogP contribution in [-0.4, -0.2) is 31.6 Å². The number of hydrogen-bond donors (Lipinski definition) is 1. The van der Waals surface area contributed by atoms with Crippen LogP contribution in [0.25, 0.3) is 0 Å². The zero-order chi connectivity index (χ0) is 21.8. The van der Waals surface area contributed by atoms with Crippen molar-refractivity contribution in [3.05, 3.63) is 83.4 Å². The molecule has 31 heavy (non-hydrogen) atoms. The van der Waals surface area contributed by atoms with E-state index in [9.17, 15) is 9.59 Å². The van der Waals surface area contributed by atoms with Crippen molar-refractivity contribution in [2.24, 2.45) is 0 Å². The van der Waals surface area contributed by atoms with Crippen LogP contribution in [0.4, 0.5) is 11.4 Å². The monoisotopic (exact) mass is 416 g/mol. The van der Waals surface area contributed by atoms with Crippen molar-refractivity contribution in [1.82, 2.24) is 0 Å². The van der Waals surface area contributed by atoms with E-state index in [0.29, 0.717) is 35.8 Å². The molecule has 1 aliphatic rings. The molecule has 1 aliphatic heterocycles. The fraction of sp³-hybridized carbons (Fsp3) is 0.200. The molecular weight excluding hydrogens is 392 g/mol. The van der Waals surface area contributed by atoms with Crippen LogP contribution in [0.2, 0.25) is 0 Å². The topological polar surface area (TPSA) is 67.9 Å². The normalized spacial score (nSPS) is 12.7. The average Bonchev–Trinajstić information content (AvgIpc) is 2.78. The first-order valence-electron chi connectivity index (χ1n) is 10.1. The molecule has 0 radical (unpaired) electrons. The molecule has 0 fully saturated rings. The van der Waals surface area contributed by atoms with Crippen LogP contribution in [0, 0.1) is 13.8 Å². The molecule has 1 heterocycles. The Bertz CT molecular complexity index is 1110. The minimum Gasteiger partial charge on any atom is -0.492 e. The summed E-state index contributed by atoms with van der Waals surface area (Å²) in [5.41, 5.74) is 3.98. The van der Waals surface area contributed by atoms with Crippen LogP contribution in [0.3, 0.4) is 0 Å². The van der Waals surface area contributed by atoms with Gasteiger partial charge >= 0.3 is 0 Å². The predicted octanol–water partition coefficient (Wildman–Crippen LogP) is 4.36. The molecule has 6 nitrogen and oxygen atoms in total. The molecule has 0 unspecified atom stereocenters. The van der Waals surface area contributed by atoms with Crippen molar-refractivity contribution in [1.29, 1.82) is 0 Å². The molecule has 0 aromatic heterocycles. The van der Waals surface area contributed by atoms with Gasteiger partial charge in [-0.2, -0.15) is 0 Å². The zero-order valence-electron chi connectivity index (χ0n) is 17.6. The van der Waals surface area contributed by atoms with Crippen LogP contribution in [0.1, 0.15) is 21.5 Å². The van der Waals surface area contributed by atoms with E-state index in [2.05, 4.69) is 5.32 Å². The van der Waals surface area contributed by atoms with Crippen molar-refractivity contribution in [2.45, 2.75) is 13.8 Å². The Hall–Kier alpha value is -3.80. The predicted molar refractivity (Wildman–Crippen MR) is 120 cm³/mol. The second-order valence-corrected chi connectivity index (χ2v) is 7.43. The van der Waals surface area contributed by atoms with Gasteiger partial charge in [0.15, 0.2) is 6.61 Å². The van der Waals surface area contributed by atoms with Crippen molar-refractivity contribution >= 4 is 23.2 Å². The van der Waals surface area contributed by atoms with E-state index >= 15 is 0 Å². The van der Waals surface area contributed by atoms with Crippen LogP contribution in [-0.2, 0) is 4.79 Å². The molecule has 0 spiro atoms. The maximum Gasteiger partial charge on any atom is 0.265 e. The smallest absolute Gasteiger partial charge is 0.265 e. The summed E-state index contributed by atoms with van der Waals surface area (Å²) in [7, 11) is 0. The molecule has 3 aromatic rings. The SMILES string of the molecule is Cc1ccc(C(=O)Nc2ccc3c(c2)N(CCOc2ccccc2)C(=O)CO3)cc1C. The van der Waals surface area contributed by atoms with Crippen LogP contribution in [0.5, 0.6) is 11.5 Å². The Morgan fingerprint density at radius 3 is 2.61 bits per heavy atom. The molecule has 0 bridgehead atoms. The first kappa shape index (κ1) is 20.5. The van der Waals surface area contributed by atoms with Gasteiger partial charge in [0.25, 0.3) is 11.8 Å². The summed E-state index contributed by atoms with van der Waals surface area (Å²) in [6.07, 6.45) is 0. The quantitative estimate of drug-likeness (QED) is 0.648. The minimum atomic E-state index is -0.204. The number of benzene rings is 3. The molecule has 0 atom stereocenters. The highest BCUT2D eigenvalue weighted by Gasteiger charge is 2.26. The van der Waals surface area contributed by atoms with Crippen molar-refractivity contribution in [3.8, 4) is 11.5 Å². The highest BCUT2D eigenvalue weighted by Crippen LogP contribution is 2.34. The zero-order valence-corrected chi connectivity index (χ0v) is 17.6. The highest BCUT2D eigenvalue weighted by atomic mass is 16.5. The molecule has 4 rings (SSSR count). The Morgan fingerprint density at radius 1 is 1.03 bits per heavy atom. The van der Waals surface area contributed by atoms with Crippen molar-refractivity contribution < 1.29 is 19.1 Å². The molecule has 2 amide bonds. The lowest BCUT2D eigenvalue weighted by Gasteiger charge is -2.29.